The molecule has 1 saturated heterocycles. The van der Waals surface area contributed by atoms with Crippen molar-refractivity contribution in [2.75, 3.05) is 18.4 Å². The Labute approximate surface area is 156 Å². The van der Waals surface area contributed by atoms with Crippen LogP contribution in [-0.2, 0) is 4.79 Å². The lowest BCUT2D eigenvalue weighted by Gasteiger charge is -2.30. The fourth-order valence-corrected chi connectivity index (χ4v) is 2.85. The molecular formula is C19H30ClN3O2. The molecule has 140 valence electrons. The van der Waals surface area contributed by atoms with E-state index in [1.807, 2.05) is 31.7 Å². The third-order valence-corrected chi connectivity index (χ3v) is 4.82. The molecule has 0 aliphatic carbocycles. The quantitative estimate of drug-likeness (QED) is 0.857. The zero-order chi connectivity index (χ0) is 17.9. The maximum absolute atomic E-state index is 12.6. The van der Waals surface area contributed by atoms with Gasteiger partial charge in [-0.2, -0.15) is 0 Å². The first-order chi connectivity index (χ1) is 11.3. The molecule has 0 bridgehead atoms. The highest BCUT2D eigenvalue weighted by Gasteiger charge is 2.22. The van der Waals surface area contributed by atoms with Gasteiger partial charge in [0.1, 0.15) is 0 Å². The van der Waals surface area contributed by atoms with Gasteiger partial charge in [0.25, 0.3) is 5.91 Å². The number of carbonyl (C=O) groups is 2. The van der Waals surface area contributed by atoms with Gasteiger partial charge in [0.15, 0.2) is 0 Å². The molecule has 1 atom stereocenters. The summed E-state index contributed by atoms with van der Waals surface area (Å²) < 4.78 is 0. The first-order valence-electron chi connectivity index (χ1n) is 8.76. The molecule has 0 spiro atoms. The van der Waals surface area contributed by atoms with Gasteiger partial charge >= 0.3 is 0 Å². The molecular weight excluding hydrogens is 338 g/mol. The molecule has 0 unspecified atom stereocenters. The summed E-state index contributed by atoms with van der Waals surface area (Å²) in [6.45, 7) is 9.59. The van der Waals surface area contributed by atoms with Crippen LogP contribution in [-0.4, -0.2) is 35.8 Å². The van der Waals surface area contributed by atoms with E-state index in [1.165, 1.54) is 0 Å². The minimum absolute atomic E-state index is 0. The number of hydrogen-bond donors (Lipinski definition) is 2. The summed E-state index contributed by atoms with van der Waals surface area (Å²) in [6.07, 6.45) is 2.12. The normalized spacial score (nSPS) is 16.3. The molecule has 0 aromatic heterocycles. The lowest BCUT2D eigenvalue weighted by atomic mass is 9.98. The van der Waals surface area contributed by atoms with Crippen LogP contribution in [0.4, 0.5) is 5.69 Å². The number of anilines is 1. The predicted molar refractivity (Wildman–Crippen MR) is 104 cm³/mol. The van der Waals surface area contributed by atoms with E-state index in [0.29, 0.717) is 17.2 Å². The predicted octanol–water partition coefficient (Wildman–Crippen LogP) is 3.21. The Kier molecular flexibility index (Phi) is 7.90. The third-order valence-electron chi connectivity index (χ3n) is 4.82. The van der Waals surface area contributed by atoms with E-state index in [9.17, 15) is 9.59 Å². The average Bonchev–Trinajstić information content (AvgIpc) is 2.55. The number of hydrogen-bond acceptors (Lipinski definition) is 3. The van der Waals surface area contributed by atoms with Crippen molar-refractivity contribution < 1.29 is 9.59 Å². The largest absolute Gasteiger partial charge is 0.339 e. The highest BCUT2D eigenvalue weighted by Crippen LogP contribution is 2.21. The van der Waals surface area contributed by atoms with E-state index < -0.39 is 6.04 Å². The van der Waals surface area contributed by atoms with Crippen molar-refractivity contribution in [2.45, 2.75) is 46.6 Å². The SMILES string of the molecule is Cc1cc(C(=O)N2CCC(C)CC2)ccc1NC(=O)[C@@H](N)C(C)C.Cl. The number of aryl methyl sites for hydroxylation is 1. The van der Waals surface area contributed by atoms with Gasteiger partial charge in [-0.15, -0.1) is 12.4 Å². The smallest absolute Gasteiger partial charge is 0.253 e. The standard InChI is InChI=1S/C19H29N3O2.ClH/c1-12(2)17(20)18(23)21-16-6-5-15(11-14(16)4)19(24)22-9-7-13(3)8-10-22;/h5-6,11-13,17H,7-10,20H2,1-4H3,(H,21,23);1H/t17-;/m0./s1. The van der Waals surface area contributed by atoms with Crippen LogP contribution in [0.15, 0.2) is 18.2 Å². The van der Waals surface area contributed by atoms with Gasteiger partial charge in [-0.25, -0.2) is 0 Å². The molecule has 2 rings (SSSR count). The minimum atomic E-state index is -0.541. The van der Waals surface area contributed by atoms with Crippen LogP contribution in [0, 0.1) is 18.8 Å². The number of nitrogens with one attached hydrogen (secondary N) is 1. The zero-order valence-electron chi connectivity index (χ0n) is 15.5. The molecule has 1 aliphatic heterocycles. The maximum Gasteiger partial charge on any atom is 0.253 e. The van der Waals surface area contributed by atoms with Crippen molar-refractivity contribution in [1.29, 1.82) is 0 Å². The van der Waals surface area contributed by atoms with Crippen molar-refractivity contribution in [3.8, 4) is 0 Å². The Balaban J connectivity index is 0.00000312. The Morgan fingerprint density at radius 2 is 1.84 bits per heavy atom. The summed E-state index contributed by atoms with van der Waals surface area (Å²) in [7, 11) is 0. The van der Waals surface area contributed by atoms with Crippen LogP contribution in [0.2, 0.25) is 0 Å². The monoisotopic (exact) mass is 367 g/mol. The second-order valence-corrected chi connectivity index (χ2v) is 7.26. The van der Waals surface area contributed by atoms with E-state index in [1.54, 1.807) is 12.1 Å². The molecule has 5 nitrogen and oxygen atoms in total. The minimum Gasteiger partial charge on any atom is -0.339 e. The van der Waals surface area contributed by atoms with Crippen molar-refractivity contribution in [2.24, 2.45) is 17.6 Å². The molecule has 1 heterocycles. The number of halogens is 1. The fourth-order valence-electron chi connectivity index (χ4n) is 2.85. The molecule has 1 aromatic rings. The van der Waals surface area contributed by atoms with Crippen molar-refractivity contribution in [1.82, 2.24) is 4.90 Å². The number of amides is 2. The number of nitrogens with two attached hydrogens (primary N) is 1. The summed E-state index contributed by atoms with van der Waals surface area (Å²) in [6, 6.07) is 4.88. The highest BCUT2D eigenvalue weighted by atomic mass is 35.5. The van der Waals surface area contributed by atoms with Crippen molar-refractivity contribution >= 4 is 29.9 Å². The average molecular weight is 368 g/mol. The van der Waals surface area contributed by atoms with Crippen molar-refractivity contribution in [3.05, 3.63) is 29.3 Å². The molecule has 3 N–H and O–H groups in total. The number of rotatable bonds is 4. The number of piperidine rings is 1. The van der Waals surface area contributed by atoms with E-state index in [4.69, 9.17) is 5.73 Å². The maximum atomic E-state index is 12.6. The second kappa shape index (κ2) is 9.20. The highest BCUT2D eigenvalue weighted by molar-refractivity contribution is 5.98. The van der Waals surface area contributed by atoms with Gasteiger partial charge in [-0.3, -0.25) is 9.59 Å². The number of likely N-dealkylation sites (tertiary alicyclic amines) is 1. The van der Waals surface area contributed by atoms with Gasteiger partial charge in [-0.1, -0.05) is 20.8 Å². The summed E-state index contributed by atoms with van der Waals surface area (Å²) in [4.78, 5) is 26.6. The first-order valence-corrected chi connectivity index (χ1v) is 8.76. The number of nitrogens with zero attached hydrogens (tertiary/aromatic N) is 1. The fraction of sp³-hybridized carbons (Fsp3) is 0.579. The summed E-state index contributed by atoms with van der Waals surface area (Å²) in [5.74, 6) is 0.644. The molecule has 1 aliphatic rings. The van der Waals surface area contributed by atoms with Crippen LogP contribution in [0.3, 0.4) is 0 Å². The van der Waals surface area contributed by atoms with E-state index in [2.05, 4.69) is 12.2 Å². The van der Waals surface area contributed by atoms with E-state index in [-0.39, 0.29) is 30.1 Å². The summed E-state index contributed by atoms with van der Waals surface area (Å²) in [5.41, 5.74) is 8.13. The van der Waals surface area contributed by atoms with Gasteiger partial charge in [0.05, 0.1) is 6.04 Å². The second-order valence-electron chi connectivity index (χ2n) is 7.26. The Morgan fingerprint density at radius 1 is 1.24 bits per heavy atom. The number of carbonyl (C=O) groups excluding carboxylic acids is 2. The zero-order valence-corrected chi connectivity index (χ0v) is 16.4. The van der Waals surface area contributed by atoms with E-state index in [0.717, 1.165) is 31.5 Å². The molecule has 1 fully saturated rings. The van der Waals surface area contributed by atoms with Gasteiger partial charge < -0.3 is 16.0 Å². The number of benzene rings is 1. The van der Waals surface area contributed by atoms with Crippen LogP contribution >= 0.6 is 12.4 Å². The topological polar surface area (TPSA) is 75.4 Å². The Bertz CT molecular complexity index is 611. The molecule has 6 heteroatoms. The van der Waals surface area contributed by atoms with Crippen LogP contribution in [0.1, 0.15) is 49.5 Å². The molecule has 1 aromatic carbocycles. The lowest BCUT2D eigenvalue weighted by molar-refractivity contribution is -0.118. The third kappa shape index (κ3) is 5.44. The molecule has 2 amide bonds. The van der Waals surface area contributed by atoms with Crippen LogP contribution in [0.25, 0.3) is 0 Å². The summed E-state index contributed by atoms with van der Waals surface area (Å²) in [5, 5.41) is 2.85. The van der Waals surface area contributed by atoms with Crippen LogP contribution in [0.5, 0.6) is 0 Å². The summed E-state index contributed by atoms with van der Waals surface area (Å²) >= 11 is 0. The van der Waals surface area contributed by atoms with Gasteiger partial charge in [-0.05, 0) is 55.4 Å². The molecule has 25 heavy (non-hydrogen) atoms. The van der Waals surface area contributed by atoms with Gasteiger partial charge in [0, 0.05) is 24.3 Å². The molecule has 0 radical (unpaired) electrons. The molecule has 0 saturated carbocycles. The van der Waals surface area contributed by atoms with E-state index >= 15 is 0 Å². The Hall–Kier alpha value is -1.59. The van der Waals surface area contributed by atoms with Gasteiger partial charge in [0.2, 0.25) is 5.91 Å². The van der Waals surface area contributed by atoms with Crippen LogP contribution < -0.4 is 11.1 Å². The lowest BCUT2D eigenvalue weighted by Crippen LogP contribution is -2.40. The first kappa shape index (κ1) is 21.5. The Morgan fingerprint density at radius 3 is 2.36 bits per heavy atom. The van der Waals surface area contributed by atoms with Crippen molar-refractivity contribution in [3.63, 3.8) is 0 Å².